The molecule has 0 unspecified atom stereocenters. The SMILES string of the molecule is CCCCN1C(=O)C(=CC=C2N3CCCc4cccc(c43)C2(C)C)C(C)=C(C#N)C1=O. The minimum absolute atomic E-state index is 0.0644. The molecule has 3 aliphatic rings. The molecular formula is C26H29N3O2. The molecule has 0 bridgehead atoms. The molecule has 31 heavy (non-hydrogen) atoms. The van der Waals surface area contributed by atoms with Crippen molar-refractivity contribution < 1.29 is 9.59 Å². The molecule has 4 rings (SSSR count). The monoisotopic (exact) mass is 415 g/mol. The maximum atomic E-state index is 13.2. The van der Waals surface area contributed by atoms with Gasteiger partial charge in [-0.25, -0.2) is 0 Å². The van der Waals surface area contributed by atoms with E-state index in [4.69, 9.17) is 0 Å². The Hall–Kier alpha value is -3.13. The molecule has 0 saturated heterocycles. The molecule has 5 nitrogen and oxygen atoms in total. The second-order valence-corrected chi connectivity index (χ2v) is 9.05. The first-order chi connectivity index (χ1) is 14.8. The fourth-order valence-corrected chi connectivity index (χ4v) is 5.01. The molecule has 2 amide bonds. The molecule has 3 heterocycles. The number of para-hydroxylation sites is 1. The van der Waals surface area contributed by atoms with Crippen LogP contribution in [0.5, 0.6) is 0 Å². The second-order valence-electron chi connectivity index (χ2n) is 9.05. The first-order valence-corrected chi connectivity index (χ1v) is 11.1. The highest BCUT2D eigenvalue weighted by Crippen LogP contribution is 2.51. The van der Waals surface area contributed by atoms with Crippen molar-refractivity contribution in [2.24, 2.45) is 0 Å². The number of anilines is 1. The van der Waals surface area contributed by atoms with Crippen molar-refractivity contribution in [1.82, 2.24) is 4.90 Å². The molecule has 160 valence electrons. The Morgan fingerprint density at radius 3 is 2.68 bits per heavy atom. The normalized spacial score (nSPS) is 22.4. The third kappa shape index (κ3) is 3.22. The van der Waals surface area contributed by atoms with Crippen LogP contribution in [0.4, 0.5) is 5.69 Å². The van der Waals surface area contributed by atoms with Crippen molar-refractivity contribution in [3.8, 4) is 6.07 Å². The van der Waals surface area contributed by atoms with Gasteiger partial charge < -0.3 is 4.90 Å². The smallest absolute Gasteiger partial charge is 0.271 e. The minimum atomic E-state index is -0.475. The standard InChI is InChI=1S/C26H29N3O2/c1-5-6-14-29-24(30)19(17(2)20(16-27)25(29)31)12-13-22-26(3,4)21-11-7-9-18-10-8-15-28(22)23(18)21/h7,9,11-13H,5-6,8,10,14-15H2,1-4H3. The first kappa shape index (κ1) is 21.1. The van der Waals surface area contributed by atoms with Gasteiger partial charge in [0.2, 0.25) is 0 Å². The van der Waals surface area contributed by atoms with Gasteiger partial charge in [0, 0.05) is 35.5 Å². The minimum Gasteiger partial charge on any atom is -0.344 e. The van der Waals surface area contributed by atoms with Crippen LogP contribution >= 0.6 is 0 Å². The lowest BCUT2D eigenvalue weighted by atomic mass is 9.83. The van der Waals surface area contributed by atoms with Gasteiger partial charge >= 0.3 is 0 Å². The molecule has 0 aliphatic carbocycles. The number of nitrogens with zero attached hydrogens (tertiary/aromatic N) is 3. The van der Waals surface area contributed by atoms with Crippen LogP contribution in [0.1, 0.15) is 58.1 Å². The lowest BCUT2D eigenvalue weighted by molar-refractivity contribution is -0.140. The number of hydrogen-bond acceptors (Lipinski definition) is 4. The highest BCUT2D eigenvalue weighted by Gasteiger charge is 2.42. The second kappa shape index (κ2) is 7.85. The Kier molecular flexibility index (Phi) is 5.35. The number of nitriles is 1. The van der Waals surface area contributed by atoms with Crippen molar-refractivity contribution in [1.29, 1.82) is 5.26 Å². The zero-order chi connectivity index (χ0) is 22.3. The van der Waals surface area contributed by atoms with Gasteiger partial charge in [0.05, 0.1) is 0 Å². The van der Waals surface area contributed by atoms with Crippen LogP contribution in [0.25, 0.3) is 0 Å². The van der Waals surface area contributed by atoms with E-state index < -0.39 is 5.91 Å². The molecular weight excluding hydrogens is 386 g/mol. The van der Waals surface area contributed by atoms with Crippen LogP contribution in [0.3, 0.4) is 0 Å². The van der Waals surface area contributed by atoms with Crippen molar-refractivity contribution in [2.45, 2.75) is 58.8 Å². The molecule has 3 aliphatic heterocycles. The van der Waals surface area contributed by atoms with E-state index in [0.29, 0.717) is 17.7 Å². The predicted molar refractivity (Wildman–Crippen MR) is 121 cm³/mol. The fourth-order valence-electron chi connectivity index (χ4n) is 5.01. The number of imide groups is 1. The maximum absolute atomic E-state index is 13.2. The van der Waals surface area contributed by atoms with E-state index in [1.54, 1.807) is 6.92 Å². The Morgan fingerprint density at radius 2 is 1.97 bits per heavy atom. The van der Waals surface area contributed by atoms with Gasteiger partial charge in [-0.15, -0.1) is 0 Å². The highest BCUT2D eigenvalue weighted by atomic mass is 16.2. The Labute approximate surface area is 184 Å². The third-order valence-corrected chi connectivity index (χ3v) is 6.79. The molecule has 0 aromatic heterocycles. The molecule has 0 radical (unpaired) electrons. The van der Waals surface area contributed by atoms with E-state index in [9.17, 15) is 14.9 Å². The van der Waals surface area contributed by atoms with Crippen molar-refractivity contribution >= 4 is 17.5 Å². The number of hydrogen-bond donors (Lipinski definition) is 0. The third-order valence-electron chi connectivity index (χ3n) is 6.79. The molecule has 0 atom stereocenters. The molecule has 0 saturated carbocycles. The summed E-state index contributed by atoms with van der Waals surface area (Å²) in [6, 6.07) is 8.55. The van der Waals surface area contributed by atoms with E-state index in [1.165, 1.54) is 21.7 Å². The fraction of sp³-hybridized carbons (Fsp3) is 0.423. The average molecular weight is 416 g/mol. The molecule has 1 aromatic rings. The summed E-state index contributed by atoms with van der Waals surface area (Å²) in [5.41, 5.74) is 5.93. The molecule has 1 aromatic carbocycles. The van der Waals surface area contributed by atoms with Crippen molar-refractivity contribution in [3.63, 3.8) is 0 Å². The summed E-state index contributed by atoms with van der Waals surface area (Å²) in [6.45, 7) is 9.44. The van der Waals surface area contributed by atoms with E-state index in [0.717, 1.165) is 37.9 Å². The molecule has 0 N–H and O–H groups in total. The number of unbranched alkanes of at least 4 members (excludes halogenated alkanes) is 1. The van der Waals surface area contributed by atoms with Crippen LogP contribution in [0.2, 0.25) is 0 Å². The maximum Gasteiger partial charge on any atom is 0.271 e. The van der Waals surface area contributed by atoms with Gasteiger partial charge in [0.15, 0.2) is 0 Å². The van der Waals surface area contributed by atoms with E-state index in [1.807, 2.05) is 25.1 Å². The summed E-state index contributed by atoms with van der Waals surface area (Å²) < 4.78 is 0. The summed E-state index contributed by atoms with van der Waals surface area (Å²) in [5, 5.41) is 9.56. The quantitative estimate of drug-likeness (QED) is 0.535. The summed E-state index contributed by atoms with van der Waals surface area (Å²) in [6.07, 6.45) is 7.61. The molecule has 0 spiro atoms. The van der Waals surface area contributed by atoms with Crippen molar-refractivity contribution in [3.05, 3.63) is 63.9 Å². The van der Waals surface area contributed by atoms with Crippen molar-refractivity contribution in [2.75, 3.05) is 18.0 Å². The number of amides is 2. The van der Waals surface area contributed by atoms with Crippen LogP contribution < -0.4 is 4.90 Å². The summed E-state index contributed by atoms with van der Waals surface area (Å²) in [4.78, 5) is 29.4. The number of carbonyl (C=O) groups is 2. The number of benzene rings is 1. The Balaban J connectivity index is 1.80. The number of allylic oxidation sites excluding steroid dienone is 3. The van der Waals surface area contributed by atoms with Gasteiger partial charge in [-0.2, -0.15) is 5.26 Å². The Bertz CT molecular complexity index is 1100. The van der Waals surface area contributed by atoms with Gasteiger partial charge in [-0.1, -0.05) is 45.4 Å². The van der Waals surface area contributed by atoms with E-state index in [2.05, 4.69) is 36.9 Å². The van der Waals surface area contributed by atoms with Gasteiger partial charge in [-0.05, 0) is 55.0 Å². The molecule has 0 fully saturated rings. The van der Waals surface area contributed by atoms with E-state index in [-0.39, 0.29) is 16.9 Å². The van der Waals surface area contributed by atoms with Crippen LogP contribution in [0, 0.1) is 11.3 Å². The van der Waals surface area contributed by atoms with Crippen LogP contribution in [-0.4, -0.2) is 29.8 Å². The topological polar surface area (TPSA) is 64.4 Å². The van der Waals surface area contributed by atoms with Gasteiger partial charge in [-0.3, -0.25) is 14.5 Å². The zero-order valence-electron chi connectivity index (χ0n) is 18.8. The predicted octanol–water partition coefficient (Wildman–Crippen LogP) is 4.55. The Morgan fingerprint density at radius 1 is 1.19 bits per heavy atom. The number of aryl methyl sites for hydroxylation is 1. The van der Waals surface area contributed by atoms with Gasteiger partial charge in [0.25, 0.3) is 11.8 Å². The van der Waals surface area contributed by atoms with E-state index >= 15 is 0 Å². The van der Waals surface area contributed by atoms with Gasteiger partial charge in [0.1, 0.15) is 11.6 Å². The van der Waals surface area contributed by atoms with Crippen LogP contribution in [-0.2, 0) is 21.4 Å². The zero-order valence-corrected chi connectivity index (χ0v) is 18.8. The largest absolute Gasteiger partial charge is 0.344 e. The highest BCUT2D eigenvalue weighted by molar-refractivity contribution is 6.18. The summed E-state index contributed by atoms with van der Waals surface area (Å²) in [7, 11) is 0. The molecule has 5 heteroatoms. The number of carbonyl (C=O) groups excluding carboxylic acids is 2. The summed E-state index contributed by atoms with van der Waals surface area (Å²) in [5.74, 6) is -0.781. The average Bonchev–Trinajstić information content (AvgIpc) is 2.97. The lowest BCUT2D eigenvalue weighted by Crippen LogP contribution is -2.43. The summed E-state index contributed by atoms with van der Waals surface area (Å²) >= 11 is 0. The number of rotatable bonds is 4. The lowest BCUT2D eigenvalue weighted by Gasteiger charge is -2.30. The van der Waals surface area contributed by atoms with Crippen LogP contribution in [0.15, 0.2) is 52.8 Å². The first-order valence-electron chi connectivity index (χ1n) is 11.1.